The summed E-state index contributed by atoms with van der Waals surface area (Å²) in [5, 5.41) is 2.72. The third-order valence-electron chi connectivity index (χ3n) is 3.84. The van der Waals surface area contributed by atoms with Gasteiger partial charge in [-0.15, -0.1) is 0 Å². The van der Waals surface area contributed by atoms with Crippen LogP contribution in [0.5, 0.6) is 0 Å². The summed E-state index contributed by atoms with van der Waals surface area (Å²) in [6.45, 7) is 0. The molecule has 25 heavy (non-hydrogen) atoms. The van der Waals surface area contributed by atoms with Gasteiger partial charge in [0.1, 0.15) is 6.04 Å². The number of rotatable bonds is 6. The SMILES string of the molecule is NC(=O)C(Cc1ccccc1)NC(=O)c1cccc(-n2ccnc2)c1. The molecule has 3 rings (SSSR count). The van der Waals surface area contributed by atoms with Crippen molar-refractivity contribution in [2.45, 2.75) is 12.5 Å². The van der Waals surface area contributed by atoms with Gasteiger partial charge in [0.2, 0.25) is 5.91 Å². The van der Waals surface area contributed by atoms with E-state index in [-0.39, 0.29) is 5.91 Å². The minimum Gasteiger partial charge on any atom is -0.368 e. The van der Waals surface area contributed by atoms with Gasteiger partial charge in [0, 0.05) is 30.1 Å². The Balaban J connectivity index is 1.75. The molecule has 0 fully saturated rings. The van der Waals surface area contributed by atoms with Crippen LogP contribution >= 0.6 is 0 Å². The molecule has 1 unspecified atom stereocenters. The number of benzene rings is 2. The van der Waals surface area contributed by atoms with Crippen LogP contribution < -0.4 is 11.1 Å². The number of amides is 2. The molecular weight excluding hydrogens is 316 g/mol. The van der Waals surface area contributed by atoms with Crippen molar-refractivity contribution in [1.29, 1.82) is 0 Å². The number of hydrogen-bond donors (Lipinski definition) is 2. The molecule has 3 N–H and O–H groups in total. The third kappa shape index (κ3) is 4.11. The summed E-state index contributed by atoms with van der Waals surface area (Å²) in [4.78, 5) is 28.2. The third-order valence-corrected chi connectivity index (χ3v) is 3.84. The lowest BCUT2D eigenvalue weighted by molar-refractivity contribution is -0.119. The van der Waals surface area contributed by atoms with Crippen LogP contribution in [0, 0.1) is 0 Å². The van der Waals surface area contributed by atoms with Gasteiger partial charge in [0.05, 0.1) is 6.33 Å². The minimum absolute atomic E-state index is 0.346. The van der Waals surface area contributed by atoms with E-state index in [4.69, 9.17) is 5.73 Å². The number of nitrogens with one attached hydrogen (secondary N) is 1. The van der Waals surface area contributed by atoms with Crippen LogP contribution in [0.15, 0.2) is 73.3 Å². The van der Waals surface area contributed by atoms with Crippen molar-refractivity contribution < 1.29 is 9.59 Å². The summed E-state index contributed by atoms with van der Waals surface area (Å²) in [5.41, 5.74) is 7.64. The first-order valence-corrected chi connectivity index (χ1v) is 7.86. The van der Waals surface area contributed by atoms with Crippen molar-refractivity contribution in [2.75, 3.05) is 0 Å². The van der Waals surface area contributed by atoms with Crippen molar-refractivity contribution in [1.82, 2.24) is 14.9 Å². The van der Waals surface area contributed by atoms with Crippen molar-refractivity contribution in [2.24, 2.45) is 5.73 Å². The zero-order chi connectivity index (χ0) is 17.6. The molecule has 0 spiro atoms. The van der Waals surface area contributed by atoms with Crippen LogP contribution in [-0.2, 0) is 11.2 Å². The van der Waals surface area contributed by atoms with E-state index in [0.717, 1.165) is 11.3 Å². The molecule has 3 aromatic rings. The first-order valence-electron chi connectivity index (χ1n) is 7.86. The maximum absolute atomic E-state index is 12.5. The predicted octanol–water partition coefficient (Wildman–Crippen LogP) is 1.70. The molecule has 1 heterocycles. The molecule has 0 aliphatic carbocycles. The molecule has 126 valence electrons. The van der Waals surface area contributed by atoms with Crippen LogP contribution in [0.3, 0.4) is 0 Å². The highest BCUT2D eigenvalue weighted by atomic mass is 16.2. The van der Waals surface area contributed by atoms with E-state index in [9.17, 15) is 9.59 Å². The van der Waals surface area contributed by atoms with Crippen LogP contribution in [-0.4, -0.2) is 27.4 Å². The summed E-state index contributed by atoms with van der Waals surface area (Å²) in [6.07, 6.45) is 5.45. The second kappa shape index (κ2) is 7.44. The highest BCUT2D eigenvalue weighted by Gasteiger charge is 2.19. The molecule has 1 atom stereocenters. The maximum atomic E-state index is 12.5. The Morgan fingerprint density at radius 2 is 1.92 bits per heavy atom. The van der Waals surface area contributed by atoms with E-state index in [0.29, 0.717) is 12.0 Å². The average Bonchev–Trinajstić information content (AvgIpc) is 3.17. The maximum Gasteiger partial charge on any atom is 0.252 e. The lowest BCUT2D eigenvalue weighted by Gasteiger charge is -2.16. The van der Waals surface area contributed by atoms with Gasteiger partial charge >= 0.3 is 0 Å². The summed E-state index contributed by atoms with van der Waals surface area (Å²) >= 11 is 0. The van der Waals surface area contributed by atoms with E-state index < -0.39 is 11.9 Å². The molecule has 0 radical (unpaired) electrons. The number of aromatic nitrogens is 2. The van der Waals surface area contributed by atoms with Crippen LogP contribution in [0.25, 0.3) is 5.69 Å². The number of carbonyl (C=O) groups is 2. The van der Waals surface area contributed by atoms with E-state index in [1.807, 2.05) is 36.4 Å². The Morgan fingerprint density at radius 3 is 2.60 bits per heavy atom. The summed E-state index contributed by atoms with van der Waals surface area (Å²) in [5.74, 6) is -0.912. The smallest absolute Gasteiger partial charge is 0.252 e. The molecule has 1 aromatic heterocycles. The highest BCUT2D eigenvalue weighted by molar-refractivity contribution is 5.97. The zero-order valence-corrected chi connectivity index (χ0v) is 13.5. The Morgan fingerprint density at radius 1 is 1.12 bits per heavy atom. The minimum atomic E-state index is -0.771. The number of imidazole rings is 1. The first kappa shape index (κ1) is 16.4. The topological polar surface area (TPSA) is 90.0 Å². The lowest BCUT2D eigenvalue weighted by Crippen LogP contribution is -2.45. The molecule has 0 saturated heterocycles. The predicted molar refractivity (Wildman–Crippen MR) is 94.2 cm³/mol. The number of nitrogens with two attached hydrogens (primary N) is 1. The van der Waals surface area contributed by atoms with Gasteiger partial charge < -0.3 is 15.6 Å². The number of hydrogen-bond acceptors (Lipinski definition) is 3. The van der Waals surface area contributed by atoms with Crippen LogP contribution in [0.1, 0.15) is 15.9 Å². The van der Waals surface area contributed by atoms with Crippen molar-refractivity contribution >= 4 is 11.8 Å². The van der Waals surface area contributed by atoms with Gasteiger partial charge in [0.25, 0.3) is 5.91 Å². The number of nitrogens with zero attached hydrogens (tertiary/aromatic N) is 2. The molecule has 0 bridgehead atoms. The van der Waals surface area contributed by atoms with E-state index in [1.54, 1.807) is 41.5 Å². The van der Waals surface area contributed by atoms with E-state index >= 15 is 0 Å². The first-order chi connectivity index (χ1) is 12.1. The Labute approximate surface area is 145 Å². The van der Waals surface area contributed by atoms with E-state index in [1.165, 1.54) is 0 Å². The van der Waals surface area contributed by atoms with Crippen LogP contribution in [0.2, 0.25) is 0 Å². The Kier molecular flexibility index (Phi) is 4.89. The molecule has 6 heteroatoms. The van der Waals surface area contributed by atoms with Gasteiger partial charge in [-0.2, -0.15) is 0 Å². The quantitative estimate of drug-likeness (QED) is 0.719. The zero-order valence-electron chi connectivity index (χ0n) is 13.5. The number of primary amides is 1. The van der Waals surface area contributed by atoms with Crippen molar-refractivity contribution in [3.8, 4) is 5.69 Å². The fourth-order valence-corrected chi connectivity index (χ4v) is 2.53. The van der Waals surface area contributed by atoms with Gasteiger partial charge in [-0.25, -0.2) is 4.98 Å². The van der Waals surface area contributed by atoms with Gasteiger partial charge in [-0.05, 0) is 23.8 Å². The summed E-state index contributed by atoms with van der Waals surface area (Å²) in [6, 6.07) is 15.7. The Bertz CT molecular complexity index is 860. The normalized spacial score (nSPS) is 11.7. The molecule has 0 aliphatic rings. The Hall–Kier alpha value is -3.41. The van der Waals surface area contributed by atoms with Gasteiger partial charge in [0.15, 0.2) is 0 Å². The number of carbonyl (C=O) groups excluding carboxylic acids is 2. The second-order valence-electron chi connectivity index (χ2n) is 5.64. The average molecular weight is 334 g/mol. The fourth-order valence-electron chi connectivity index (χ4n) is 2.53. The van der Waals surface area contributed by atoms with Crippen LogP contribution in [0.4, 0.5) is 0 Å². The monoisotopic (exact) mass is 334 g/mol. The van der Waals surface area contributed by atoms with E-state index in [2.05, 4.69) is 10.3 Å². The van der Waals surface area contributed by atoms with Crippen molar-refractivity contribution in [3.63, 3.8) is 0 Å². The lowest BCUT2D eigenvalue weighted by atomic mass is 10.0. The molecule has 0 saturated carbocycles. The standard InChI is InChI=1S/C19H18N4O2/c20-18(24)17(11-14-5-2-1-3-6-14)22-19(25)15-7-4-8-16(12-15)23-10-9-21-13-23/h1-10,12-13,17H,11H2,(H2,20,24)(H,22,25). The molecule has 6 nitrogen and oxygen atoms in total. The summed E-state index contributed by atoms with van der Waals surface area (Å²) < 4.78 is 1.80. The second-order valence-corrected chi connectivity index (χ2v) is 5.64. The molecule has 2 amide bonds. The fraction of sp³-hybridized carbons (Fsp3) is 0.105. The van der Waals surface area contributed by atoms with Crippen molar-refractivity contribution in [3.05, 3.63) is 84.4 Å². The molecular formula is C19H18N4O2. The largest absolute Gasteiger partial charge is 0.368 e. The molecule has 0 aliphatic heterocycles. The van der Waals surface area contributed by atoms with Gasteiger partial charge in [-0.1, -0.05) is 36.4 Å². The van der Waals surface area contributed by atoms with Gasteiger partial charge in [-0.3, -0.25) is 9.59 Å². The summed E-state index contributed by atoms with van der Waals surface area (Å²) in [7, 11) is 0. The molecule has 2 aromatic carbocycles. The highest BCUT2D eigenvalue weighted by Crippen LogP contribution is 2.11.